The molecule has 2 N–H and O–H groups in total. The third-order valence-electron chi connectivity index (χ3n) is 3.18. The lowest BCUT2D eigenvalue weighted by Gasteiger charge is -2.20. The number of anilines is 2. The van der Waals surface area contributed by atoms with E-state index in [1.54, 1.807) is 0 Å². The first-order chi connectivity index (χ1) is 8.17. The van der Waals surface area contributed by atoms with E-state index < -0.39 is 0 Å². The highest BCUT2D eigenvalue weighted by Crippen LogP contribution is 2.15. The van der Waals surface area contributed by atoms with Crippen molar-refractivity contribution < 1.29 is 0 Å². The number of rotatable bonds is 7. The zero-order valence-corrected chi connectivity index (χ0v) is 11.5. The van der Waals surface area contributed by atoms with E-state index in [0.29, 0.717) is 12.0 Å². The van der Waals surface area contributed by atoms with Gasteiger partial charge in [-0.05, 0) is 31.4 Å². The first kappa shape index (κ1) is 13.8. The Labute approximate surface area is 105 Å². The lowest BCUT2D eigenvalue weighted by Crippen LogP contribution is -2.23. The summed E-state index contributed by atoms with van der Waals surface area (Å²) in [6, 6.07) is 6.52. The molecule has 0 amide bonds. The first-order valence-corrected chi connectivity index (χ1v) is 6.64. The maximum Gasteiger partial charge on any atom is 0.128 e. The molecule has 0 radical (unpaired) electrons. The van der Waals surface area contributed by atoms with Crippen LogP contribution in [0.5, 0.6) is 0 Å². The quantitative estimate of drug-likeness (QED) is 0.755. The Morgan fingerprint density at radius 3 is 2.53 bits per heavy atom. The Morgan fingerprint density at radius 2 is 1.88 bits per heavy atom. The number of nitrogens with zero attached hydrogens (tertiary/aromatic N) is 1. The monoisotopic (exact) mass is 235 g/mol. The average molecular weight is 235 g/mol. The van der Waals surface area contributed by atoms with Crippen LogP contribution in [0.4, 0.5) is 11.6 Å². The number of pyridine rings is 1. The standard InChI is InChI=1S/C14H25N3/c1-5-10-15-13-8-7-9-14(17-13)16-12(4)11(3)6-2/h7-9,11-12H,5-6,10H2,1-4H3,(H2,15,16,17). The Bertz CT molecular complexity index is 325. The second kappa shape index (κ2) is 7.15. The van der Waals surface area contributed by atoms with Crippen molar-refractivity contribution in [3.8, 4) is 0 Å². The number of hydrogen-bond acceptors (Lipinski definition) is 3. The molecule has 1 aromatic rings. The van der Waals surface area contributed by atoms with Crippen LogP contribution in [0.15, 0.2) is 18.2 Å². The minimum Gasteiger partial charge on any atom is -0.370 e. The van der Waals surface area contributed by atoms with Gasteiger partial charge in [0.2, 0.25) is 0 Å². The van der Waals surface area contributed by atoms with Gasteiger partial charge in [0, 0.05) is 12.6 Å². The molecule has 3 nitrogen and oxygen atoms in total. The second-order valence-electron chi connectivity index (χ2n) is 4.65. The molecule has 3 heteroatoms. The summed E-state index contributed by atoms with van der Waals surface area (Å²) in [5.74, 6) is 2.57. The van der Waals surface area contributed by atoms with E-state index in [2.05, 4.69) is 43.3 Å². The zero-order chi connectivity index (χ0) is 12.7. The molecule has 2 atom stereocenters. The molecule has 0 aliphatic heterocycles. The van der Waals surface area contributed by atoms with Crippen LogP contribution >= 0.6 is 0 Å². The molecule has 0 aliphatic rings. The summed E-state index contributed by atoms with van der Waals surface area (Å²) in [5, 5.41) is 6.76. The fourth-order valence-electron chi connectivity index (χ4n) is 1.60. The molecule has 0 saturated heterocycles. The van der Waals surface area contributed by atoms with Gasteiger partial charge < -0.3 is 10.6 Å². The minimum atomic E-state index is 0.453. The summed E-state index contributed by atoms with van der Waals surface area (Å²) in [7, 11) is 0. The summed E-state index contributed by atoms with van der Waals surface area (Å²) >= 11 is 0. The average Bonchev–Trinajstić information content (AvgIpc) is 2.35. The van der Waals surface area contributed by atoms with Crippen molar-refractivity contribution in [3.63, 3.8) is 0 Å². The maximum absolute atomic E-state index is 4.54. The number of hydrogen-bond donors (Lipinski definition) is 2. The second-order valence-corrected chi connectivity index (χ2v) is 4.65. The van der Waals surface area contributed by atoms with Crippen LogP contribution < -0.4 is 10.6 Å². The maximum atomic E-state index is 4.54. The van der Waals surface area contributed by atoms with Crippen molar-refractivity contribution in [1.82, 2.24) is 4.98 Å². The van der Waals surface area contributed by atoms with Crippen molar-refractivity contribution in [2.45, 2.75) is 46.6 Å². The number of aromatic nitrogens is 1. The molecular weight excluding hydrogens is 210 g/mol. The molecule has 0 spiro atoms. The molecule has 1 rings (SSSR count). The molecule has 2 unspecified atom stereocenters. The highest BCUT2D eigenvalue weighted by atomic mass is 15.1. The van der Waals surface area contributed by atoms with Gasteiger partial charge in [0.15, 0.2) is 0 Å². The van der Waals surface area contributed by atoms with Crippen molar-refractivity contribution in [3.05, 3.63) is 18.2 Å². The molecule has 1 heterocycles. The molecule has 0 aliphatic carbocycles. The van der Waals surface area contributed by atoms with Gasteiger partial charge in [-0.25, -0.2) is 4.98 Å². The van der Waals surface area contributed by atoms with Gasteiger partial charge in [-0.15, -0.1) is 0 Å². The normalized spacial score (nSPS) is 14.1. The van der Waals surface area contributed by atoms with Crippen LogP contribution in [-0.2, 0) is 0 Å². The number of nitrogens with one attached hydrogen (secondary N) is 2. The van der Waals surface area contributed by atoms with Gasteiger partial charge in [0.25, 0.3) is 0 Å². The van der Waals surface area contributed by atoms with Gasteiger partial charge >= 0.3 is 0 Å². The molecule has 96 valence electrons. The lowest BCUT2D eigenvalue weighted by atomic mass is 10.0. The molecule has 0 fully saturated rings. The molecule has 0 saturated carbocycles. The molecule has 1 aromatic heterocycles. The summed E-state index contributed by atoms with van der Waals surface area (Å²) in [6.07, 6.45) is 2.30. The van der Waals surface area contributed by atoms with E-state index in [0.717, 1.165) is 24.6 Å². The van der Waals surface area contributed by atoms with Crippen LogP contribution in [0.2, 0.25) is 0 Å². The SMILES string of the molecule is CCCNc1cccc(NC(C)C(C)CC)n1. The molecule has 0 bridgehead atoms. The Hall–Kier alpha value is -1.25. The van der Waals surface area contributed by atoms with Crippen LogP contribution in [0.1, 0.15) is 40.5 Å². The van der Waals surface area contributed by atoms with E-state index in [1.807, 2.05) is 18.2 Å². The van der Waals surface area contributed by atoms with E-state index >= 15 is 0 Å². The van der Waals surface area contributed by atoms with E-state index in [-0.39, 0.29) is 0 Å². The van der Waals surface area contributed by atoms with Crippen LogP contribution in [-0.4, -0.2) is 17.6 Å². The van der Waals surface area contributed by atoms with Crippen molar-refractivity contribution in [1.29, 1.82) is 0 Å². The zero-order valence-electron chi connectivity index (χ0n) is 11.5. The smallest absolute Gasteiger partial charge is 0.128 e. The minimum absolute atomic E-state index is 0.453. The fourth-order valence-corrected chi connectivity index (χ4v) is 1.60. The predicted molar refractivity (Wildman–Crippen MR) is 75.6 cm³/mol. The Kier molecular flexibility index (Phi) is 5.81. The van der Waals surface area contributed by atoms with Gasteiger partial charge in [0.1, 0.15) is 11.6 Å². The topological polar surface area (TPSA) is 37.0 Å². The van der Waals surface area contributed by atoms with Gasteiger partial charge in [-0.1, -0.05) is 33.3 Å². The van der Waals surface area contributed by atoms with Crippen LogP contribution in [0, 0.1) is 5.92 Å². The van der Waals surface area contributed by atoms with Crippen molar-refractivity contribution in [2.24, 2.45) is 5.92 Å². The van der Waals surface area contributed by atoms with Crippen molar-refractivity contribution in [2.75, 3.05) is 17.2 Å². The molecular formula is C14H25N3. The largest absolute Gasteiger partial charge is 0.370 e. The Balaban J connectivity index is 2.58. The molecule has 0 aromatic carbocycles. The third kappa shape index (κ3) is 4.63. The van der Waals surface area contributed by atoms with E-state index in [4.69, 9.17) is 0 Å². The van der Waals surface area contributed by atoms with Gasteiger partial charge in [0.05, 0.1) is 0 Å². The summed E-state index contributed by atoms with van der Waals surface area (Å²) < 4.78 is 0. The predicted octanol–water partition coefficient (Wildman–Crippen LogP) is 3.75. The first-order valence-electron chi connectivity index (χ1n) is 6.64. The van der Waals surface area contributed by atoms with Gasteiger partial charge in [-0.2, -0.15) is 0 Å². The highest BCUT2D eigenvalue weighted by Gasteiger charge is 2.10. The highest BCUT2D eigenvalue weighted by molar-refractivity contribution is 5.45. The summed E-state index contributed by atoms with van der Waals surface area (Å²) in [4.78, 5) is 4.54. The van der Waals surface area contributed by atoms with Crippen LogP contribution in [0.3, 0.4) is 0 Å². The molecule has 17 heavy (non-hydrogen) atoms. The summed E-state index contributed by atoms with van der Waals surface area (Å²) in [5.41, 5.74) is 0. The Morgan fingerprint density at radius 1 is 1.18 bits per heavy atom. The van der Waals surface area contributed by atoms with Crippen LogP contribution in [0.25, 0.3) is 0 Å². The van der Waals surface area contributed by atoms with Crippen molar-refractivity contribution >= 4 is 11.6 Å². The van der Waals surface area contributed by atoms with E-state index in [9.17, 15) is 0 Å². The summed E-state index contributed by atoms with van der Waals surface area (Å²) in [6.45, 7) is 9.81. The van der Waals surface area contributed by atoms with E-state index in [1.165, 1.54) is 6.42 Å². The lowest BCUT2D eigenvalue weighted by molar-refractivity contribution is 0.493. The fraction of sp³-hybridized carbons (Fsp3) is 0.643. The van der Waals surface area contributed by atoms with Gasteiger partial charge in [-0.3, -0.25) is 0 Å². The third-order valence-corrected chi connectivity index (χ3v) is 3.18.